The van der Waals surface area contributed by atoms with Crippen molar-refractivity contribution in [1.29, 1.82) is 4.78 Å². The van der Waals surface area contributed by atoms with E-state index < -0.39 is 21.6 Å². The summed E-state index contributed by atoms with van der Waals surface area (Å²) < 4.78 is 33.6. The summed E-state index contributed by atoms with van der Waals surface area (Å²) in [4.78, 5) is 11.9. The summed E-state index contributed by atoms with van der Waals surface area (Å²) in [6.45, 7) is 3.58. The van der Waals surface area contributed by atoms with Gasteiger partial charge in [0.1, 0.15) is 23.5 Å². The van der Waals surface area contributed by atoms with Gasteiger partial charge in [0.2, 0.25) is 0 Å². The Morgan fingerprint density at radius 1 is 1.26 bits per heavy atom. The van der Waals surface area contributed by atoms with E-state index in [0.717, 1.165) is 5.69 Å². The van der Waals surface area contributed by atoms with Crippen LogP contribution in [0.25, 0.3) is 0 Å². The summed E-state index contributed by atoms with van der Waals surface area (Å²) in [7, 11) is -2.99. The maximum absolute atomic E-state index is 13.6. The number of nitrogens with one attached hydrogen (secondary N) is 3. The standard InChI is InChI=1S/C18H19ClFN5OS/c1-10-5-4-6-15(22-10)24-16(12-7-8-14(20)13(19)9-12)17-23-11(2)18(25-17)27(3,21)26/h4-9,16,21H,1-3H3,(H,22,24)(H,23,25)/t16?,27-/m1/s1. The zero-order valence-corrected chi connectivity index (χ0v) is 16.6. The summed E-state index contributed by atoms with van der Waals surface area (Å²) in [5.41, 5.74) is 2.03. The third-order valence-electron chi connectivity index (χ3n) is 3.96. The molecule has 1 unspecified atom stereocenters. The van der Waals surface area contributed by atoms with Crippen LogP contribution in [0, 0.1) is 24.4 Å². The number of imidazole rings is 1. The van der Waals surface area contributed by atoms with Crippen LogP contribution in [0.4, 0.5) is 10.2 Å². The number of hydrogen-bond donors (Lipinski definition) is 3. The molecule has 27 heavy (non-hydrogen) atoms. The van der Waals surface area contributed by atoms with Crippen LogP contribution in [0.3, 0.4) is 0 Å². The summed E-state index contributed by atoms with van der Waals surface area (Å²) in [6.07, 6.45) is 1.32. The van der Waals surface area contributed by atoms with Gasteiger partial charge in [0.05, 0.1) is 14.8 Å². The van der Waals surface area contributed by atoms with Crippen LogP contribution in [-0.2, 0) is 9.73 Å². The van der Waals surface area contributed by atoms with Crippen molar-refractivity contribution in [2.24, 2.45) is 0 Å². The van der Waals surface area contributed by atoms with Crippen LogP contribution in [-0.4, -0.2) is 25.4 Å². The van der Waals surface area contributed by atoms with Gasteiger partial charge < -0.3 is 10.3 Å². The molecule has 2 aromatic heterocycles. The summed E-state index contributed by atoms with van der Waals surface area (Å²) in [5, 5.41) is 3.43. The molecule has 9 heteroatoms. The third-order valence-corrected chi connectivity index (χ3v) is 5.38. The van der Waals surface area contributed by atoms with Crippen molar-refractivity contribution in [3.63, 3.8) is 0 Å². The highest BCUT2D eigenvalue weighted by atomic mass is 35.5. The van der Waals surface area contributed by atoms with Crippen molar-refractivity contribution in [3.05, 3.63) is 70.0 Å². The number of rotatable bonds is 5. The zero-order valence-electron chi connectivity index (χ0n) is 15.0. The number of halogens is 2. The van der Waals surface area contributed by atoms with E-state index in [1.165, 1.54) is 18.4 Å². The van der Waals surface area contributed by atoms with Crippen molar-refractivity contribution in [2.75, 3.05) is 11.6 Å². The minimum atomic E-state index is -2.99. The maximum Gasteiger partial charge on any atom is 0.156 e. The Balaban J connectivity index is 2.11. The molecule has 0 saturated heterocycles. The molecule has 0 fully saturated rings. The lowest BCUT2D eigenvalue weighted by Gasteiger charge is -2.18. The monoisotopic (exact) mass is 407 g/mol. The molecule has 0 aliphatic heterocycles. The number of benzene rings is 1. The van der Waals surface area contributed by atoms with Gasteiger partial charge in [-0.15, -0.1) is 0 Å². The molecule has 3 rings (SSSR count). The molecule has 2 atom stereocenters. The first kappa shape index (κ1) is 19.3. The smallest absolute Gasteiger partial charge is 0.156 e. The van der Waals surface area contributed by atoms with Gasteiger partial charge in [-0.05, 0) is 43.7 Å². The number of aryl methyl sites for hydroxylation is 2. The average Bonchev–Trinajstić information content (AvgIpc) is 2.97. The molecule has 6 nitrogen and oxygen atoms in total. The number of H-pyrrole nitrogens is 1. The number of pyridine rings is 1. The number of hydrogen-bond acceptors (Lipinski definition) is 5. The Labute approximate surface area is 162 Å². The number of anilines is 1. The van der Waals surface area contributed by atoms with Crippen LogP contribution in [0.15, 0.2) is 41.4 Å². The van der Waals surface area contributed by atoms with Gasteiger partial charge in [-0.3, -0.25) is 0 Å². The van der Waals surface area contributed by atoms with Crippen molar-refractivity contribution in [3.8, 4) is 0 Å². The Morgan fingerprint density at radius 3 is 2.59 bits per heavy atom. The molecule has 0 aliphatic rings. The zero-order chi connectivity index (χ0) is 19.8. The Hall–Kier alpha value is -2.45. The number of nitrogens with zero attached hydrogens (tertiary/aromatic N) is 2. The third kappa shape index (κ3) is 4.28. The largest absolute Gasteiger partial charge is 0.356 e. The van der Waals surface area contributed by atoms with Crippen LogP contribution < -0.4 is 5.32 Å². The quantitative estimate of drug-likeness (QED) is 0.582. The van der Waals surface area contributed by atoms with E-state index >= 15 is 0 Å². The Kier molecular flexibility index (Phi) is 5.21. The molecule has 2 heterocycles. The van der Waals surface area contributed by atoms with Crippen LogP contribution in [0.5, 0.6) is 0 Å². The molecule has 0 radical (unpaired) electrons. The molecule has 0 spiro atoms. The first-order valence-corrected chi connectivity index (χ1v) is 10.4. The molecule has 0 bridgehead atoms. The second-order valence-electron chi connectivity index (χ2n) is 6.31. The van der Waals surface area contributed by atoms with Crippen molar-refractivity contribution in [1.82, 2.24) is 15.0 Å². The lowest BCUT2D eigenvalue weighted by Crippen LogP contribution is -2.15. The van der Waals surface area contributed by atoms with Crippen LogP contribution in [0.1, 0.15) is 28.8 Å². The molecule has 0 saturated carbocycles. The molecule has 3 N–H and O–H groups in total. The maximum atomic E-state index is 13.6. The molecular weight excluding hydrogens is 389 g/mol. The van der Waals surface area contributed by atoms with Crippen LogP contribution in [0.2, 0.25) is 5.02 Å². The fourth-order valence-corrected chi connectivity index (χ4v) is 3.85. The minimum Gasteiger partial charge on any atom is -0.356 e. The second kappa shape index (κ2) is 7.28. The van der Waals surface area contributed by atoms with Gasteiger partial charge in [-0.25, -0.2) is 23.3 Å². The fourth-order valence-electron chi connectivity index (χ4n) is 2.76. The highest BCUT2D eigenvalue weighted by molar-refractivity contribution is 7.91. The lowest BCUT2D eigenvalue weighted by molar-refractivity contribution is 0.627. The van der Waals surface area contributed by atoms with Crippen molar-refractivity contribution in [2.45, 2.75) is 24.9 Å². The van der Waals surface area contributed by atoms with E-state index in [0.29, 0.717) is 22.9 Å². The highest BCUT2D eigenvalue weighted by Gasteiger charge is 2.23. The first-order valence-electron chi connectivity index (χ1n) is 8.10. The van der Waals surface area contributed by atoms with Gasteiger partial charge >= 0.3 is 0 Å². The SMILES string of the molecule is Cc1cccc(NC(c2ccc(F)c(Cl)c2)c2nc([S@](C)(=N)=O)c(C)[nH]2)n1. The second-order valence-corrected chi connectivity index (χ2v) is 8.79. The van der Waals surface area contributed by atoms with E-state index in [1.807, 2.05) is 19.1 Å². The normalized spacial score (nSPS) is 14.6. The molecule has 0 amide bonds. The van der Waals surface area contributed by atoms with Gasteiger partial charge in [0, 0.05) is 17.6 Å². The predicted molar refractivity (Wildman–Crippen MR) is 104 cm³/mol. The van der Waals surface area contributed by atoms with E-state index in [2.05, 4.69) is 20.3 Å². The average molecular weight is 408 g/mol. The van der Waals surface area contributed by atoms with E-state index in [4.69, 9.17) is 16.4 Å². The molecule has 142 valence electrons. The molecule has 3 aromatic rings. The summed E-state index contributed by atoms with van der Waals surface area (Å²) >= 11 is 5.96. The van der Waals surface area contributed by atoms with Gasteiger partial charge in [-0.1, -0.05) is 23.7 Å². The first-order chi connectivity index (χ1) is 12.6. The van der Waals surface area contributed by atoms with Gasteiger partial charge in [-0.2, -0.15) is 0 Å². The van der Waals surface area contributed by atoms with E-state index in [9.17, 15) is 8.60 Å². The predicted octanol–water partition coefficient (Wildman–Crippen LogP) is 4.45. The summed E-state index contributed by atoms with van der Waals surface area (Å²) in [5.74, 6) is 0.515. The topological polar surface area (TPSA) is 94.5 Å². The molecule has 1 aromatic carbocycles. The highest BCUT2D eigenvalue weighted by Crippen LogP contribution is 2.29. The Bertz CT molecular complexity index is 1100. The fraction of sp³-hybridized carbons (Fsp3) is 0.222. The molecular formula is C18H19ClFN5OS. The van der Waals surface area contributed by atoms with Crippen molar-refractivity contribution >= 4 is 27.1 Å². The Morgan fingerprint density at radius 2 is 2.00 bits per heavy atom. The minimum absolute atomic E-state index is 0.0141. The van der Waals surface area contributed by atoms with Gasteiger partial charge in [0.25, 0.3) is 0 Å². The lowest BCUT2D eigenvalue weighted by atomic mass is 10.1. The van der Waals surface area contributed by atoms with E-state index in [-0.39, 0.29) is 10.0 Å². The van der Waals surface area contributed by atoms with Crippen molar-refractivity contribution < 1.29 is 8.60 Å². The number of aromatic amines is 1. The molecule has 0 aliphatic carbocycles. The van der Waals surface area contributed by atoms with E-state index in [1.54, 1.807) is 19.1 Å². The number of aromatic nitrogens is 3. The van der Waals surface area contributed by atoms with Crippen LogP contribution >= 0.6 is 11.6 Å². The summed E-state index contributed by atoms with van der Waals surface area (Å²) in [6, 6.07) is 9.36. The van der Waals surface area contributed by atoms with Gasteiger partial charge in [0.15, 0.2) is 5.03 Å².